The molecule has 2 N–H and O–H groups in total. The van der Waals surface area contributed by atoms with Crippen molar-refractivity contribution in [2.75, 3.05) is 0 Å². The molecular weight excluding hydrogens is 306 g/mol. The molecule has 1 saturated carbocycles. The SMILES string of the molecule is Cc1ccc(C(=O)OC(C(=O)NC2CC2)c2ccccc2)cc1O. The number of carbonyl (C=O) groups excluding carboxylic acids is 2. The van der Waals surface area contributed by atoms with Crippen LogP contribution in [0.3, 0.4) is 0 Å². The summed E-state index contributed by atoms with van der Waals surface area (Å²) in [6.07, 6.45) is 0.891. The summed E-state index contributed by atoms with van der Waals surface area (Å²) in [5.74, 6) is -0.957. The van der Waals surface area contributed by atoms with Crippen molar-refractivity contribution in [2.24, 2.45) is 0 Å². The Morgan fingerprint density at radius 2 is 1.88 bits per heavy atom. The molecule has 1 unspecified atom stereocenters. The number of aromatic hydroxyl groups is 1. The third-order valence-corrected chi connectivity index (χ3v) is 3.93. The van der Waals surface area contributed by atoms with Gasteiger partial charge in [0.05, 0.1) is 5.56 Å². The van der Waals surface area contributed by atoms with Crippen LogP contribution in [0.4, 0.5) is 0 Å². The number of phenols is 1. The maximum absolute atomic E-state index is 12.4. The van der Waals surface area contributed by atoms with Gasteiger partial charge in [0, 0.05) is 11.6 Å². The highest BCUT2D eigenvalue weighted by atomic mass is 16.5. The van der Waals surface area contributed by atoms with Gasteiger partial charge in [-0.15, -0.1) is 0 Å². The van der Waals surface area contributed by atoms with Gasteiger partial charge in [0.1, 0.15) is 5.75 Å². The van der Waals surface area contributed by atoms with E-state index in [-0.39, 0.29) is 23.3 Å². The molecule has 5 heteroatoms. The second-order valence-corrected chi connectivity index (χ2v) is 5.98. The number of nitrogens with one attached hydrogen (secondary N) is 1. The molecule has 1 fully saturated rings. The molecule has 124 valence electrons. The Morgan fingerprint density at radius 1 is 1.17 bits per heavy atom. The van der Waals surface area contributed by atoms with E-state index in [0.717, 1.165) is 12.8 Å². The minimum atomic E-state index is -1.01. The number of ether oxygens (including phenoxy) is 1. The Bertz CT molecular complexity index is 753. The lowest BCUT2D eigenvalue weighted by Gasteiger charge is -2.18. The maximum atomic E-state index is 12.4. The van der Waals surface area contributed by atoms with Crippen LogP contribution in [0.5, 0.6) is 5.75 Å². The van der Waals surface area contributed by atoms with Crippen LogP contribution >= 0.6 is 0 Å². The Hall–Kier alpha value is -2.82. The van der Waals surface area contributed by atoms with Gasteiger partial charge in [-0.1, -0.05) is 36.4 Å². The maximum Gasteiger partial charge on any atom is 0.339 e. The minimum absolute atomic E-state index is 0.0168. The molecule has 24 heavy (non-hydrogen) atoms. The molecule has 0 saturated heterocycles. The van der Waals surface area contributed by atoms with Crippen molar-refractivity contribution in [1.82, 2.24) is 5.32 Å². The Balaban J connectivity index is 1.81. The summed E-state index contributed by atoms with van der Waals surface area (Å²) in [4.78, 5) is 24.8. The number of hydrogen-bond acceptors (Lipinski definition) is 4. The molecular formula is C19H19NO4. The number of rotatable bonds is 5. The summed E-state index contributed by atoms with van der Waals surface area (Å²) >= 11 is 0. The molecule has 2 aromatic rings. The highest BCUT2D eigenvalue weighted by Crippen LogP contribution is 2.25. The van der Waals surface area contributed by atoms with Crippen LogP contribution in [0.25, 0.3) is 0 Å². The van der Waals surface area contributed by atoms with E-state index < -0.39 is 12.1 Å². The largest absolute Gasteiger partial charge is 0.508 e. The highest BCUT2D eigenvalue weighted by molar-refractivity contribution is 5.93. The highest BCUT2D eigenvalue weighted by Gasteiger charge is 2.31. The van der Waals surface area contributed by atoms with Crippen molar-refractivity contribution in [1.29, 1.82) is 0 Å². The zero-order chi connectivity index (χ0) is 17.1. The first-order valence-corrected chi connectivity index (χ1v) is 7.90. The van der Waals surface area contributed by atoms with Gasteiger partial charge < -0.3 is 15.2 Å². The van der Waals surface area contributed by atoms with Crippen molar-refractivity contribution in [3.63, 3.8) is 0 Å². The van der Waals surface area contributed by atoms with Gasteiger partial charge in [0.25, 0.3) is 5.91 Å². The molecule has 1 aliphatic carbocycles. The molecule has 1 aliphatic rings. The average Bonchev–Trinajstić information content (AvgIpc) is 3.39. The lowest BCUT2D eigenvalue weighted by Crippen LogP contribution is -2.33. The first-order valence-electron chi connectivity index (χ1n) is 7.90. The molecule has 0 radical (unpaired) electrons. The molecule has 1 amide bonds. The molecule has 1 atom stereocenters. The first-order chi connectivity index (χ1) is 11.5. The fourth-order valence-electron chi connectivity index (χ4n) is 2.32. The monoisotopic (exact) mass is 325 g/mol. The molecule has 5 nitrogen and oxygen atoms in total. The molecule has 0 aliphatic heterocycles. The van der Waals surface area contributed by atoms with Crippen LogP contribution < -0.4 is 5.32 Å². The van der Waals surface area contributed by atoms with Crippen LogP contribution in [-0.2, 0) is 9.53 Å². The number of carbonyl (C=O) groups is 2. The standard InChI is InChI=1S/C19H19NO4/c1-12-7-8-14(11-16(12)21)19(23)24-17(13-5-3-2-4-6-13)18(22)20-15-9-10-15/h2-8,11,15,17,21H,9-10H2,1H3,(H,20,22). The van der Waals surface area contributed by atoms with Gasteiger partial charge in [0.2, 0.25) is 6.10 Å². The smallest absolute Gasteiger partial charge is 0.339 e. The number of phenolic OH excluding ortho intramolecular Hbond substituents is 1. The van der Waals surface area contributed by atoms with E-state index in [4.69, 9.17) is 4.74 Å². The molecule has 2 aromatic carbocycles. The first kappa shape index (κ1) is 16.1. The fourth-order valence-corrected chi connectivity index (χ4v) is 2.32. The number of hydrogen-bond donors (Lipinski definition) is 2. The second-order valence-electron chi connectivity index (χ2n) is 5.98. The van der Waals surface area contributed by atoms with E-state index in [1.165, 1.54) is 6.07 Å². The van der Waals surface area contributed by atoms with E-state index in [1.54, 1.807) is 43.3 Å². The van der Waals surface area contributed by atoms with Gasteiger partial charge in [-0.25, -0.2) is 4.79 Å². The van der Waals surface area contributed by atoms with Crippen molar-refractivity contribution in [3.05, 3.63) is 65.2 Å². The van der Waals surface area contributed by atoms with Gasteiger partial charge in [-0.05, 0) is 37.5 Å². The Morgan fingerprint density at radius 3 is 2.50 bits per heavy atom. The van der Waals surface area contributed by atoms with Crippen LogP contribution in [0.15, 0.2) is 48.5 Å². The summed E-state index contributed by atoms with van der Waals surface area (Å²) in [6.45, 7) is 1.74. The topological polar surface area (TPSA) is 75.6 Å². The lowest BCUT2D eigenvalue weighted by molar-refractivity contribution is -0.130. The van der Waals surface area contributed by atoms with E-state index >= 15 is 0 Å². The van der Waals surface area contributed by atoms with E-state index in [1.807, 2.05) is 6.07 Å². The van der Waals surface area contributed by atoms with Crippen LogP contribution in [0.1, 0.15) is 40.4 Å². The van der Waals surface area contributed by atoms with Gasteiger partial charge in [0.15, 0.2) is 0 Å². The predicted molar refractivity (Wildman–Crippen MR) is 88.6 cm³/mol. The van der Waals surface area contributed by atoms with Gasteiger partial charge in [-0.3, -0.25) is 4.79 Å². The fraction of sp³-hybridized carbons (Fsp3) is 0.263. The van der Waals surface area contributed by atoms with Crippen molar-refractivity contribution >= 4 is 11.9 Å². The van der Waals surface area contributed by atoms with Crippen LogP contribution in [0, 0.1) is 6.92 Å². The predicted octanol–water partition coefficient (Wildman–Crippen LogP) is 2.88. The third-order valence-electron chi connectivity index (χ3n) is 3.93. The Labute approximate surface area is 140 Å². The number of benzene rings is 2. The summed E-state index contributed by atoms with van der Waals surface area (Å²) in [5.41, 5.74) is 1.48. The van der Waals surface area contributed by atoms with E-state index in [9.17, 15) is 14.7 Å². The second kappa shape index (κ2) is 6.74. The van der Waals surface area contributed by atoms with Crippen molar-refractivity contribution in [3.8, 4) is 5.75 Å². The molecule has 0 spiro atoms. The molecule has 0 heterocycles. The normalized spacial score (nSPS) is 14.7. The summed E-state index contributed by atoms with van der Waals surface area (Å²) in [6, 6.07) is 13.6. The Kier molecular flexibility index (Phi) is 4.51. The van der Waals surface area contributed by atoms with E-state index in [0.29, 0.717) is 11.1 Å². The quantitative estimate of drug-likeness (QED) is 0.829. The van der Waals surface area contributed by atoms with Crippen molar-refractivity contribution in [2.45, 2.75) is 31.9 Å². The average molecular weight is 325 g/mol. The number of esters is 1. The van der Waals surface area contributed by atoms with E-state index in [2.05, 4.69) is 5.32 Å². The lowest BCUT2D eigenvalue weighted by atomic mass is 10.1. The summed E-state index contributed by atoms with van der Waals surface area (Å²) in [7, 11) is 0. The van der Waals surface area contributed by atoms with Gasteiger partial charge in [-0.2, -0.15) is 0 Å². The van der Waals surface area contributed by atoms with Gasteiger partial charge >= 0.3 is 5.97 Å². The zero-order valence-corrected chi connectivity index (χ0v) is 13.4. The van der Waals surface area contributed by atoms with Crippen LogP contribution in [-0.4, -0.2) is 23.0 Å². The third kappa shape index (κ3) is 3.74. The number of aryl methyl sites for hydroxylation is 1. The van der Waals surface area contributed by atoms with Crippen molar-refractivity contribution < 1.29 is 19.4 Å². The zero-order valence-electron chi connectivity index (χ0n) is 13.4. The summed E-state index contributed by atoms with van der Waals surface area (Å²) in [5, 5.41) is 12.6. The minimum Gasteiger partial charge on any atom is -0.508 e. The molecule has 3 rings (SSSR count). The number of amides is 1. The van der Waals surface area contributed by atoms with Crippen LogP contribution in [0.2, 0.25) is 0 Å². The molecule has 0 aromatic heterocycles. The molecule has 0 bridgehead atoms. The summed E-state index contributed by atoms with van der Waals surface area (Å²) < 4.78 is 5.45.